The van der Waals surface area contributed by atoms with Gasteiger partial charge in [0.25, 0.3) is 0 Å². The molecule has 2 aliphatic rings. The summed E-state index contributed by atoms with van der Waals surface area (Å²) >= 11 is 0. The number of pyridine rings is 1. The predicted octanol–water partition coefficient (Wildman–Crippen LogP) is 0.770. The highest BCUT2D eigenvalue weighted by Crippen LogP contribution is 2.45. The van der Waals surface area contributed by atoms with Crippen molar-refractivity contribution < 1.29 is 22.3 Å². The molecule has 0 saturated carbocycles. The second-order valence-corrected chi connectivity index (χ2v) is 8.95. The summed E-state index contributed by atoms with van der Waals surface area (Å²) in [7, 11) is -0.0604. The third-order valence-electron chi connectivity index (χ3n) is 4.81. The van der Waals surface area contributed by atoms with Gasteiger partial charge in [0.05, 0.1) is 12.4 Å². The van der Waals surface area contributed by atoms with Gasteiger partial charge in [0.2, 0.25) is 5.88 Å². The van der Waals surface area contributed by atoms with Gasteiger partial charge < -0.3 is 14.5 Å². The van der Waals surface area contributed by atoms with Crippen molar-refractivity contribution in [3.8, 4) is 5.88 Å². The zero-order valence-electron chi connectivity index (χ0n) is 13.6. The number of carbonyl (C=O) groups excluding carboxylic acids is 1. The number of rotatable bonds is 3. The molecule has 0 bridgehead atoms. The Balaban J connectivity index is 1.72. The molecule has 1 aromatic rings. The van der Waals surface area contributed by atoms with E-state index in [4.69, 9.17) is 4.74 Å². The fourth-order valence-corrected chi connectivity index (χ4v) is 5.78. The molecule has 0 aliphatic carbocycles. The van der Waals surface area contributed by atoms with Gasteiger partial charge in [0.15, 0.2) is 15.7 Å². The van der Waals surface area contributed by atoms with E-state index in [1.54, 1.807) is 14.1 Å². The molecule has 2 fully saturated rings. The number of ether oxygens (including phenoxy) is 1. The van der Waals surface area contributed by atoms with Crippen LogP contribution in [0.4, 0.5) is 9.18 Å². The topological polar surface area (TPSA) is 79.8 Å². The van der Waals surface area contributed by atoms with Gasteiger partial charge in [-0.3, -0.25) is 0 Å². The Morgan fingerprint density at radius 2 is 2.21 bits per heavy atom. The Kier molecular flexibility index (Phi) is 4.15. The van der Waals surface area contributed by atoms with Crippen LogP contribution >= 0.6 is 0 Å². The second kappa shape index (κ2) is 5.87. The second-order valence-electron chi connectivity index (χ2n) is 6.50. The molecule has 1 aromatic heterocycles. The molecule has 2 aliphatic heterocycles. The molecule has 3 heterocycles. The first kappa shape index (κ1) is 16.9. The van der Waals surface area contributed by atoms with E-state index in [0.29, 0.717) is 6.42 Å². The van der Waals surface area contributed by atoms with Gasteiger partial charge in [-0.1, -0.05) is 0 Å². The van der Waals surface area contributed by atoms with Crippen molar-refractivity contribution in [1.29, 1.82) is 0 Å². The molecule has 0 N–H and O–H groups in total. The van der Waals surface area contributed by atoms with E-state index in [9.17, 15) is 17.6 Å². The van der Waals surface area contributed by atoms with Crippen LogP contribution in [0.3, 0.4) is 0 Å². The van der Waals surface area contributed by atoms with Crippen molar-refractivity contribution in [3.05, 3.63) is 24.1 Å². The van der Waals surface area contributed by atoms with Gasteiger partial charge in [-0.05, 0) is 18.6 Å². The molecule has 0 radical (unpaired) electrons. The smallest absolute Gasteiger partial charge is 0.319 e. The molecule has 1 unspecified atom stereocenters. The van der Waals surface area contributed by atoms with Gasteiger partial charge in [-0.25, -0.2) is 22.6 Å². The zero-order valence-corrected chi connectivity index (χ0v) is 14.4. The lowest BCUT2D eigenvalue weighted by molar-refractivity contribution is 0.0728. The van der Waals surface area contributed by atoms with Crippen LogP contribution in [0.1, 0.15) is 6.42 Å². The number of hydrogen-bond acceptors (Lipinski definition) is 5. The van der Waals surface area contributed by atoms with Crippen molar-refractivity contribution in [2.75, 3.05) is 39.5 Å². The van der Waals surface area contributed by atoms with Gasteiger partial charge in [0, 0.05) is 39.3 Å². The number of likely N-dealkylation sites (tertiary alicyclic amines) is 1. The van der Waals surface area contributed by atoms with Crippen LogP contribution in [0.25, 0.3) is 0 Å². The number of carbonyl (C=O) groups is 1. The highest BCUT2D eigenvalue weighted by atomic mass is 32.2. The van der Waals surface area contributed by atoms with Crippen LogP contribution in [-0.4, -0.2) is 73.5 Å². The lowest BCUT2D eigenvalue weighted by Gasteiger charge is -2.50. The molecule has 1 spiro atoms. The van der Waals surface area contributed by atoms with Gasteiger partial charge in [-0.2, -0.15) is 0 Å². The van der Waals surface area contributed by atoms with Crippen molar-refractivity contribution in [2.45, 2.75) is 11.2 Å². The quantitative estimate of drug-likeness (QED) is 0.798. The first-order valence-corrected chi connectivity index (χ1v) is 9.34. The Labute approximate surface area is 140 Å². The third-order valence-corrected chi connectivity index (χ3v) is 7.42. The van der Waals surface area contributed by atoms with Crippen molar-refractivity contribution in [3.63, 3.8) is 0 Å². The SMILES string of the molecule is CN(C)C(=O)N1CC2(C1)C(COc1ncccc1F)CCS2(=O)=O. The molecule has 24 heavy (non-hydrogen) atoms. The van der Waals surface area contributed by atoms with E-state index in [1.165, 1.54) is 28.1 Å². The fourth-order valence-electron chi connectivity index (χ4n) is 3.38. The summed E-state index contributed by atoms with van der Waals surface area (Å²) < 4.78 is 43.0. The Morgan fingerprint density at radius 3 is 2.83 bits per heavy atom. The minimum Gasteiger partial charge on any atom is -0.475 e. The molecule has 3 rings (SSSR count). The van der Waals surface area contributed by atoms with E-state index in [0.717, 1.165) is 0 Å². The number of sulfone groups is 1. The minimum atomic E-state index is -3.31. The molecule has 2 amide bonds. The number of amides is 2. The van der Waals surface area contributed by atoms with Crippen LogP contribution in [0.2, 0.25) is 0 Å². The maximum atomic E-state index is 13.6. The summed E-state index contributed by atoms with van der Waals surface area (Å²) in [6.07, 6.45) is 1.86. The van der Waals surface area contributed by atoms with Crippen molar-refractivity contribution in [1.82, 2.24) is 14.8 Å². The van der Waals surface area contributed by atoms with Crippen LogP contribution in [0.5, 0.6) is 5.88 Å². The highest BCUT2D eigenvalue weighted by Gasteiger charge is 2.63. The van der Waals surface area contributed by atoms with E-state index >= 15 is 0 Å². The van der Waals surface area contributed by atoms with Crippen LogP contribution < -0.4 is 4.74 Å². The number of urea groups is 1. The van der Waals surface area contributed by atoms with Crippen LogP contribution in [0.15, 0.2) is 18.3 Å². The predicted molar refractivity (Wildman–Crippen MR) is 85.0 cm³/mol. The first-order valence-electron chi connectivity index (χ1n) is 7.69. The standard InChI is InChI=1S/C15H20FN3O4S/c1-18(2)14(20)19-9-15(10-19)11(5-7-24(15,21)22)8-23-13-12(16)4-3-6-17-13/h3-4,6,11H,5,7-10H2,1-2H3. The van der Waals surface area contributed by atoms with E-state index < -0.39 is 20.4 Å². The number of halogens is 1. The van der Waals surface area contributed by atoms with Gasteiger partial charge >= 0.3 is 6.03 Å². The Morgan fingerprint density at radius 1 is 1.50 bits per heavy atom. The normalized spacial score (nSPS) is 23.8. The average molecular weight is 357 g/mol. The largest absolute Gasteiger partial charge is 0.475 e. The van der Waals surface area contributed by atoms with Gasteiger partial charge in [-0.15, -0.1) is 0 Å². The lowest BCUT2D eigenvalue weighted by Crippen LogP contribution is -2.70. The van der Waals surface area contributed by atoms with Crippen molar-refractivity contribution in [2.24, 2.45) is 5.92 Å². The molecule has 1 atom stereocenters. The average Bonchev–Trinajstić information content (AvgIpc) is 2.75. The molecular weight excluding hydrogens is 337 g/mol. The summed E-state index contributed by atoms with van der Waals surface area (Å²) in [6.45, 7) is 0.382. The summed E-state index contributed by atoms with van der Waals surface area (Å²) in [5.41, 5.74) is 0. The van der Waals surface area contributed by atoms with Crippen LogP contribution in [0, 0.1) is 11.7 Å². The summed E-state index contributed by atoms with van der Waals surface area (Å²) in [4.78, 5) is 18.7. The summed E-state index contributed by atoms with van der Waals surface area (Å²) in [5, 5.41) is 0. The first-order chi connectivity index (χ1) is 11.3. The monoisotopic (exact) mass is 357 g/mol. The van der Waals surface area contributed by atoms with E-state index in [2.05, 4.69) is 4.98 Å². The number of aromatic nitrogens is 1. The molecule has 2 saturated heterocycles. The molecule has 0 aromatic carbocycles. The summed E-state index contributed by atoms with van der Waals surface area (Å²) in [6, 6.07) is 2.49. The van der Waals surface area contributed by atoms with E-state index in [1.807, 2.05) is 0 Å². The molecule has 7 nitrogen and oxygen atoms in total. The Bertz CT molecular complexity index is 747. The molecular formula is C15H20FN3O4S. The van der Waals surface area contributed by atoms with Gasteiger partial charge in [0.1, 0.15) is 4.75 Å². The molecule has 9 heteroatoms. The Hall–Kier alpha value is -1.90. The highest BCUT2D eigenvalue weighted by molar-refractivity contribution is 7.93. The maximum Gasteiger partial charge on any atom is 0.319 e. The number of hydrogen-bond donors (Lipinski definition) is 0. The number of nitrogens with zero attached hydrogens (tertiary/aromatic N) is 3. The zero-order chi connectivity index (χ0) is 17.5. The van der Waals surface area contributed by atoms with Crippen molar-refractivity contribution >= 4 is 15.9 Å². The lowest BCUT2D eigenvalue weighted by atomic mass is 9.84. The van der Waals surface area contributed by atoms with Crippen LogP contribution in [-0.2, 0) is 9.84 Å². The molecule has 132 valence electrons. The van der Waals surface area contributed by atoms with E-state index in [-0.39, 0.29) is 43.3 Å². The minimum absolute atomic E-state index is 0.0652. The third kappa shape index (κ3) is 2.60. The maximum absolute atomic E-state index is 13.6. The fraction of sp³-hybridized carbons (Fsp3) is 0.600. The summed E-state index contributed by atoms with van der Waals surface area (Å²) in [5.74, 6) is -0.923.